The molecule has 5 aromatic carbocycles. The summed E-state index contributed by atoms with van der Waals surface area (Å²) in [6.45, 7) is 8.47. The molecule has 2 aliphatic heterocycles. The maximum atomic E-state index is 15.2. The van der Waals surface area contributed by atoms with Crippen molar-refractivity contribution in [3.63, 3.8) is 0 Å². The van der Waals surface area contributed by atoms with Crippen LogP contribution < -0.4 is 62.6 Å². The molecule has 0 saturated carbocycles. The quantitative estimate of drug-likeness (QED) is 0.0166. The lowest BCUT2D eigenvalue weighted by atomic mass is 10.0. The molecule has 10 amide bonds. The number of ether oxygens (including phenoxy) is 4. The smallest absolute Gasteiger partial charge is 0.319 e. The first-order chi connectivity index (χ1) is 52.7. The summed E-state index contributed by atoms with van der Waals surface area (Å²) in [7, 11) is -7.58. The van der Waals surface area contributed by atoms with Crippen LogP contribution in [0.3, 0.4) is 0 Å². The fraction of sp³-hybridized carbons (Fsp3) is 0.411. The summed E-state index contributed by atoms with van der Waals surface area (Å²) in [6.07, 6.45) is 1.68. The van der Waals surface area contributed by atoms with Gasteiger partial charge in [0.1, 0.15) is 35.4 Å². The van der Waals surface area contributed by atoms with Gasteiger partial charge >= 0.3 is 30.0 Å². The highest BCUT2D eigenvalue weighted by Gasteiger charge is 2.40. The number of aromatic nitrogens is 2. The number of sulfonamides is 1. The highest BCUT2D eigenvalue weighted by atomic mass is 32.2. The van der Waals surface area contributed by atoms with Crippen molar-refractivity contribution in [3.8, 4) is 17.0 Å². The van der Waals surface area contributed by atoms with Crippen LogP contribution in [0.25, 0.3) is 11.3 Å². The summed E-state index contributed by atoms with van der Waals surface area (Å²) < 4.78 is 101. The number of carbonyl (C=O) groups is 9. The van der Waals surface area contributed by atoms with Gasteiger partial charge in [-0.05, 0) is 134 Å². The first-order valence-corrected chi connectivity index (χ1v) is 38.9. The van der Waals surface area contributed by atoms with E-state index in [1.807, 2.05) is 6.92 Å². The number of hydrogen-bond donors (Lipinski definition) is 13. The van der Waals surface area contributed by atoms with Crippen LogP contribution in [0.4, 0.5) is 63.2 Å². The number of nitrogens with one attached hydrogen (secondary N) is 11. The van der Waals surface area contributed by atoms with Gasteiger partial charge in [0, 0.05) is 78.4 Å². The van der Waals surface area contributed by atoms with Gasteiger partial charge in [-0.2, -0.15) is 4.36 Å². The van der Waals surface area contributed by atoms with Gasteiger partial charge < -0.3 is 87.2 Å². The van der Waals surface area contributed by atoms with Crippen molar-refractivity contribution in [2.75, 3.05) is 109 Å². The number of halogens is 2. The zero-order valence-corrected chi connectivity index (χ0v) is 62.6. The minimum absolute atomic E-state index is 0.0128. The Morgan fingerprint density at radius 3 is 2.07 bits per heavy atom. The van der Waals surface area contributed by atoms with Gasteiger partial charge in [0.05, 0.1) is 97.4 Å². The van der Waals surface area contributed by atoms with Crippen molar-refractivity contribution in [1.29, 1.82) is 0 Å². The van der Waals surface area contributed by atoms with Gasteiger partial charge in [0.2, 0.25) is 23.7 Å². The molecule has 6 aromatic rings. The SMILES string of the molecule is CCCNC(=O)Nc1cccc(S(=O)(=O)Nc2cccc([C@@H](CC(=O)O)NC(=O)Nc3ccc(NC(=O)NCCOCCOCCOCCC(=O)N[C@@H](CC(=O)O)C(=O)N4CCC[C@H]4C(=O)N[C@H](C(=O)N=[S@@](=O)(CC)Cc4cc5cc(c4)OCCCCNc4cc(ccc4F)-c4nc(ncc4F)N5)C(C)C)cc3)c2)c1. The Bertz CT molecular complexity index is 4500. The second kappa shape index (κ2) is 41.4. The molecule has 33 nitrogen and oxygen atoms in total. The molecule has 592 valence electrons. The Balaban J connectivity index is 0.717. The number of nitrogens with zero attached hydrogens (tertiary/aromatic N) is 4. The van der Waals surface area contributed by atoms with Crippen molar-refractivity contribution < 1.29 is 93.7 Å². The maximum Gasteiger partial charge on any atom is 0.319 e. The number of benzene rings is 5. The summed E-state index contributed by atoms with van der Waals surface area (Å²) in [4.78, 5) is 127. The van der Waals surface area contributed by atoms with E-state index < -0.39 is 128 Å². The number of carbonyl (C=O) groups excluding carboxylic acids is 7. The predicted octanol–water partition coefficient (Wildman–Crippen LogP) is 8.29. The molecule has 1 aromatic heterocycles. The molecular weight excluding hydrogens is 1480 g/mol. The fourth-order valence-corrected chi connectivity index (χ4v) is 14.0. The van der Waals surface area contributed by atoms with E-state index in [4.69, 9.17) is 18.9 Å². The van der Waals surface area contributed by atoms with Crippen molar-refractivity contribution in [3.05, 3.63) is 138 Å². The number of fused-ring (bicyclic) bond motifs is 7. The Labute approximate surface area is 634 Å². The van der Waals surface area contributed by atoms with Crippen LogP contribution in [0.2, 0.25) is 0 Å². The third-order valence-electron chi connectivity index (χ3n) is 16.9. The molecule has 1 saturated heterocycles. The maximum absolute atomic E-state index is 15.2. The number of rotatable bonds is 35. The van der Waals surface area contributed by atoms with E-state index >= 15 is 4.39 Å². The predicted molar refractivity (Wildman–Crippen MR) is 405 cm³/mol. The van der Waals surface area contributed by atoms with Gasteiger partial charge in [-0.15, -0.1) is 0 Å². The second-order valence-corrected chi connectivity index (χ2v) is 30.0. The lowest BCUT2D eigenvalue weighted by molar-refractivity contribution is -0.146. The first-order valence-electron chi connectivity index (χ1n) is 35.6. The molecule has 8 rings (SSSR count). The number of amides is 10. The van der Waals surface area contributed by atoms with Crippen LogP contribution in [-0.4, -0.2) is 188 Å². The van der Waals surface area contributed by atoms with Gasteiger partial charge in [-0.1, -0.05) is 45.9 Å². The number of anilines is 7. The molecule has 110 heavy (non-hydrogen) atoms. The fourth-order valence-electron chi connectivity index (χ4n) is 11.4. The molecule has 6 bridgehead atoms. The van der Waals surface area contributed by atoms with Crippen LogP contribution in [0, 0.1) is 17.6 Å². The van der Waals surface area contributed by atoms with Gasteiger partial charge in [-0.25, -0.2) is 45.8 Å². The Hall–Kier alpha value is -11.2. The molecule has 3 heterocycles. The van der Waals surface area contributed by atoms with Crippen LogP contribution in [-0.2, 0) is 68.5 Å². The number of urea groups is 3. The second-order valence-electron chi connectivity index (χ2n) is 25.8. The lowest BCUT2D eigenvalue weighted by Crippen LogP contribution is -2.56. The largest absolute Gasteiger partial charge is 0.494 e. The minimum Gasteiger partial charge on any atom is -0.494 e. The number of likely N-dealkylation sites (tertiary alicyclic amines) is 1. The highest BCUT2D eigenvalue weighted by molar-refractivity contribution is 7.93. The Morgan fingerprint density at radius 2 is 1.37 bits per heavy atom. The molecule has 0 unspecified atom stereocenters. The number of aliphatic carboxylic acids is 2. The molecule has 13 N–H and O–H groups in total. The standard InChI is InChI=1S/C73H91F2N15O18S2/c1-5-24-77-71(99)83-51-13-10-15-55(40-51)110(103,104)88-52-14-9-12-47(37-52)58(41-63(92)93)85-73(101)82-50-20-18-49(19-21-50)81-72(100)78-26-30-106-32-34-107-33-31-105-29-23-62(91)84-60(42-64(94)95)69(98)90-27-11-16-61(90)67(96)86-65(45(3)4)68(97)89-109(102,6-2)44-46-35-53-39-54(36-46)108-28-8-7-25-76-59-38-48(17-22-56(59)74)66-57(75)43-79-70(80-53)87-66/h9-10,12-15,17-22,35-40,43,45,58,60-61,65,76,88H,5-8,11,16,23-34,41-42,44H2,1-4H3,(H,84,91)(H,86,96)(H,92,93)(H,94,95)(H2,77,83,99)(H2,78,81,100)(H,79,80,87)(H2,82,85,101)/t58-,60+,61+,65+,109-/m1/s1. The van der Waals surface area contributed by atoms with Crippen molar-refractivity contribution in [2.24, 2.45) is 10.3 Å². The average Bonchev–Trinajstić information content (AvgIpc) is 1.10. The van der Waals surface area contributed by atoms with Gasteiger partial charge in [0.25, 0.3) is 15.9 Å². The van der Waals surface area contributed by atoms with Crippen molar-refractivity contribution in [2.45, 2.75) is 114 Å². The third kappa shape index (κ3) is 26.6. The Kier molecular flexibility index (Phi) is 31.8. The van der Waals surface area contributed by atoms with Crippen molar-refractivity contribution in [1.82, 2.24) is 41.5 Å². The Morgan fingerprint density at radius 1 is 0.700 bits per heavy atom. The highest BCUT2D eigenvalue weighted by Crippen LogP contribution is 2.31. The van der Waals surface area contributed by atoms with E-state index in [0.717, 1.165) is 6.20 Å². The van der Waals surface area contributed by atoms with E-state index in [1.54, 1.807) is 39.0 Å². The van der Waals surface area contributed by atoms with E-state index in [2.05, 4.69) is 72.2 Å². The average molecular weight is 1570 g/mol. The molecule has 0 radical (unpaired) electrons. The van der Waals surface area contributed by atoms with E-state index in [-0.39, 0.29) is 129 Å². The topological polar surface area (TPSA) is 456 Å². The van der Waals surface area contributed by atoms with Crippen LogP contribution >= 0.6 is 0 Å². The minimum atomic E-state index is -4.19. The molecule has 0 aliphatic carbocycles. The zero-order valence-electron chi connectivity index (χ0n) is 61.0. The molecule has 2 aliphatic rings. The molecule has 37 heteroatoms. The van der Waals surface area contributed by atoms with Crippen LogP contribution in [0.1, 0.15) is 96.2 Å². The van der Waals surface area contributed by atoms with E-state index in [1.165, 1.54) is 95.9 Å². The summed E-state index contributed by atoms with van der Waals surface area (Å²) in [5.74, 6) is -7.62. The molecule has 5 atom stereocenters. The number of carboxylic acids is 2. The lowest BCUT2D eigenvalue weighted by Gasteiger charge is -2.29. The third-order valence-corrected chi connectivity index (χ3v) is 20.4. The number of carboxylic acid groups (broad SMARTS) is 2. The van der Waals surface area contributed by atoms with Crippen LogP contribution in [0.15, 0.2) is 125 Å². The number of hydrogen-bond acceptors (Lipinski definition) is 20. The summed E-state index contributed by atoms with van der Waals surface area (Å²) >= 11 is 0. The first kappa shape index (κ1) is 84.5. The monoisotopic (exact) mass is 1570 g/mol. The zero-order chi connectivity index (χ0) is 79.3. The molecular formula is C73H91F2N15O18S2. The molecule has 1 fully saturated rings. The van der Waals surface area contributed by atoms with Gasteiger partial charge in [0.15, 0.2) is 5.82 Å². The van der Waals surface area contributed by atoms with Crippen LogP contribution in [0.5, 0.6) is 5.75 Å². The summed E-state index contributed by atoms with van der Waals surface area (Å²) in [5.41, 5.74) is 2.46. The van der Waals surface area contributed by atoms with E-state index in [0.29, 0.717) is 67.0 Å². The van der Waals surface area contributed by atoms with E-state index in [9.17, 15) is 70.4 Å². The van der Waals surface area contributed by atoms with Crippen molar-refractivity contribution >= 4 is 113 Å². The summed E-state index contributed by atoms with van der Waals surface area (Å²) in [5, 5.41) is 46.4. The summed E-state index contributed by atoms with van der Waals surface area (Å²) in [6, 6.07) is 19.5. The molecule has 0 spiro atoms. The van der Waals surface area contributed by atoms with Gasteiger partial charge in [-0.3, -0.25) is 33.5 Å². The normalized spacial score (nSPS) is 14.8.